The zero-order valence-electron chi connectivity index (χ0n) is 10.7. The van der Waals surface area contributed by atoms with Crippen molar-refractivity contribution in [2.24, 2.45) is 4.99 Å². The van der Waals surface area contributed by atoms with Crippen LogP contribution >= 0.6 is 11.8 Å². The van der Waals surface area contributed by atoms with Crippen LogP contribution in [0.2, 0.25) is 0 Å². The molecule has 1 aromatic rings. The highest BCUT2D eigenvalue weighted by Crippen LogP contribution is 2.29. The summed E-state index contributed by atoms with van der Waals surface area (Å²) in [6.45, 7) is 1.35. The highest BCUT2D eigenvalue weighted by Gasteiger charge is 2.14. The molecule has 19 heavy (non-hydrogen) atoms. The molecule has 0 radical (unpaired) electrons. The number of nitrogens with zero attached hydrogens (tertiary/aromatic N) is 2. The molecule has 0 saturated heterocycles. The molecule has 0 saturated carbocycles. The summed E-state index contributed by atoms with van der Waals surface area (Å²) in [6.07, 6.45) is 3.42. The number of thioether (sulfide) groups is 1. The van der Waals surface area contributed by atoms with E-state index in [2.05, 4.69) is 10.3 Å². The lowest BCUT2D eigenvalue weighted by Gasteiger charge is -2.08. The third-order valence-corrected chi connectivity index (χ3v) is 2.81. The minimum atomic E-state index is -0.622. The van der Waals surface area contributed by atoms with Gasteiger partial charge in [0.25, 0.3) is 0 Å². The molecule has 1 aromatic carbocycles. The van der Waals surface area contributed by atoms with Crippen molar-refractivity contribution in [3.05, 3.63) is 23.5 Å². The fraction of sp³-hybridized carbons (Fsp3) is 0.250. The van der Waals surface area contributed by atoms with Crippen LogP contribution in [0.3, 0.4) is 0 Å². The summed E-state index contributed by atoms with van der Waals surface area (Å²) in [5, 5.41) is 11.2. The molecule has 0 unspecified atom stereocenters. The van der Waals surface area contributed by atoms with Crippen molar-refractivity contribution in [3.8, 4) is 11.9 Å². The smallest absolute Gasteiger partial charge is 0.183 e. The van der Waals surface area contributed by atoms with Gasteiger partial charge in [0.2, 0.25) is 0 Å². The Bertz CT molecular complexity index is 567. The number of carbonyl (C=O) groups excluding carboxylic acids is 1. The van der Waals surface area contributed by atoms with Crippen LogP contribution in [0.5, 0.6) is 5.75 Å². The third-order valence-electron chi connectivity index (χ3n) is 2.23. The van der Waals surface area contributed by atoms with Crippen molar-refractivity contribution < 1.29 is 13.9 Å². The average molecular weight is 281 g/mol. The number of nitrogens with one attached hydrogen (secondary N) is 1. The van der Waals surface area contributed by atoms with E-state index >= 15 is 0 Å². The second kappa shape index (κ2) is 6.75. The largest absolute Gasteiger partial charge is 0.494 e. The number of hydrogen-bond donors (Lipinski definition) is 1. The lowest BCUT2D eigenvalue weighted by Crippen LogP contribution is -2.12. The molecular weight excluding hydrogens is 269 g/mol. The summed E-state index contributed by atoms with van der Waals surface area (Å²) in [5.74, 6) is -0.916. The molecular formula is C12H12FN3O2S. The van der Waals surface area contributed by atoms with Gasteiger partial charge in [0.1, 0.15) is 0 Å². The Balaban J connectivity index is 3.38. The van der Waals surface area contributed by atoms with Gasteiger partial charge in [-0.25, -0.2) is 9.38 Å². The van der Waals surface area contributed by atoms with E-state index in [0.29, 0.717) is 0 Å². The van der Waals surface area contributed by atoms with E-state index in [1.807, 2.05) is 0 Å². The second-order valence-electron chi connectivity index (χ2n) is 3.42. The minimum absolute atomic E-state index is 0.0249. The zero-order chi connectivity index (χ0) is 14.4. The summed E-state index contributed by atoms with van der Waals surface area (Å²) < 4.78 is 18.5. The van der Waals surface area contributed by atoms with Crippen LogP contribution in [-0.2, 0) is 0 Å². The monoisotopic (exact) mass is 281 g/mol. The van der Waals surface area contributed by atoms with Gasteiger partial charge in [0.05, 0.1) is 12.8 Å². The van der Waals surface area contributed by atoms with E-state index < -0.39 is 5.82 Å². The van der Waals surface area contributed by atoms with E-state index in [1.54, 1.807) is 12.4 Å². The molecule has 100 valence electrons. The second-order valence-corrected chi connectivity index (χ2v) is 4.21. The van der Waals surface area contributed by atoms with Crippen molar-refractivity contribution in [1.29, 1.82) is 5.26 Å². The molecule has 7 heteroatoms. The summed E-state index contributed by atoms with van der Waals surface area (Å²) >= 11 is 1.18. The third kappa shape index (κ3) is 3.69. The molecule has 0 atom stereocenters. The molecule has 0 amide bonds. The Morgan fingerprint density at radius 3 is 2.74 bits per heavy atom. The molecule has 0 aromatic heterocycles. The van der Waals surface area contributed by atoms with Crippen LogP contribution in [-0.4, -0.2) is 24.3 Å². The number of ether oxygens (including phenoxy) is 1. The number of halogens is 1. The van der Waals surface area contributed by atoms with Crippen molar-refractivity contribution in [2.45, 2.75) is 6.92 Å². The number of ketones is 1. The van der Waals surface area contributed by atoms with Gasteiger partial charge in [-0.05, 0) is 19.2 Å². The van der Waals surface area contributed by atoms with Crippen molar-refractivity contribution in [2.75, 3.05) is 13.4 Å². The number of hydrogen-bond acceptors (Lipinski definition) is 5. The number of rotatable bonds is 3. The Hall–Kier alpha value is -2.07. The van der Waals surface area contributed by atoms with Gasteiger partial charge < -0.3 is 4.74 Å². The van der Waals surface area contributed by atoms with E-state index in [-0.39, 0.29) is 28.0 Å². The summed E-state index contributed by atoms with van der Waals surface area (Å²) in [6, 6.07) is 2.39. The van der Waals surface area contributed by atoms with Crippen LogP contribution in [0, 0.1) is 17.3 Å². The molecule has 1 rings (SSSR count). The maximum atomic E-state index is 13.6. The lowest BCUT2D eigenvalue weighted by atomic mass is 10.1. The van der Waals surface area contributed by atoms with Crippen LogP contribution in [0.25, 0.3) is 0 Å². The predicted octanol–water partition coefficient (Wildman–Crippen LogP) is 2.46. The normalized spacial score (nSPS) is 10.8. The maximum absolute atomic E-state index is 13.6. The van der Waals surface area contributed by atoms with Gasteiger partial charge in [-0.1, -0.05) is 11.8 Å². The van der Waals surface area contributed by atoms with Crippen LogP contribution in [0.1, 0.15) is 17.3 Å². The van der Waals surface area contributed by atoms with Crippen LogP contribution < -0.4 is 10.1 Å². The minimum Gasteiger partial charge on any atom is -0.494 e. The number of benzene rings is 1. The molecule has 0 spiro atoms. The lowest BCUT2D eigenvalue weighted by molar-refractivity contribution is 0.101. The Morgan fingerprint density at radius 2 is 2.26 bits per heavy atom. The SMILES string of the molecule is COc1cc(C(C)=O)c(N=C(NC#N)SC)cc1F. The standard InChI is InChI=1S/C12H12FN3O2S/c1-7(17)8-4-11(18-2)9(13)5-10(8)16-12(19-3)15-6-14/h4-5H,1-3H3,(H,15,16). The van der Waals surface area contributed by atoms with Gasteiger partial charge in [0, 0.05) is 11.6 Å². The fourth-order valence-electron chi connectivity index (χ4n) is 1.36. The van der Waals surface area contributed by atoms with Crippen molar-refractivity contribution in [1.82, 2.24) is 5.32 Å². The van der Waals surface area contributed by atoms with E-state index in [9.17, 15) is 9.18 Å². The van der Waals surface area contributed by atoms with E-state index in [0.717, 1.165) is 6.07 Å². The molecule has 0 bridgehead atoms. The molecule has 0 heterocycles. The predicted molar refractivity (Wildman–Crippen MR) is 72.3 cm³/mol. The van der Waals surface area contributed by atoms with Gasteiger partial charge in [0.15, 0.2) is 28.7 Å². The maximum Gasteiger partial charge on any atom is 0.183 e. The van der Waals surface area contributed by atoms with Gasteiger partial charge in [-0.2, -0.15) is 5.26 Å². The Labute approximate surface area is 114 Å². The zero-order valence-corrected chi connectivity index (χ0v) is 11.5. The van der Waals surface area contributed by atoms with Gasteiger partial charge in [-0.3, -0.25) is 10.1 Å². The summed E-state index contributed by atoms with van der Waals surface area (Å²) in [4.78, 5) is 15.6. The number of Topliss-reactive ketones (excluding diaryl/α,β-unsaturated/α-hetero) is 1. The van der Waals surface area contributed by atoms with Crippen molar-refractivity contribution in [3.63, 3.8) is 0 Å². The quantitative estimate of drug-likeness (QED) is 0.303. The fourth-order valence-corrected chi connectivity index (χ4v) is 1.69. The number of amidine groups is 1. The summed E-state index contributed by atoms with van der Waals surface area (Å²) in [7, 11) is 1.32. The van der Waals surface area contributed by atoms with Gasteiger partial charge in [-0.15, -0.1) is 0 Å². The number of nitriles is 1. The first-order chi connectivity index (χ1) is 9.03. The number of carbonyl (C=O) groups is 1. The first-order valence-electron chi connectivity index (χ1n) is 5.19. The molecule has 0 aliphatic carbocycles. The molecule has 0 fully saturated rings. The Morgan fingerprint density at radius 1 is 1.58 bits per heavy atom. The topological polar surface area (TPSA) is 74.5 Å². The van der Waals surface area contributed by atoms with Crippen LogP contribution in [0.4, 0.5) is 10.1 Å². The molecule has 0 aliphatic heterocycles. The highest BCUT2D eigenvalue weighted by atomic mass is 32.2. The van der Waals surface area contributed by atoms with Crippen LogP contribution in [0.15, 0.2) is 17.1 Å². The van der Waals surface area contributed by atoms with E-state index in [4.69, 9.17) is 10.00 Å². The summed E-state index contributed by atoms with van der Waals surface area (Å²) in [5.41, 5.74) is 0.377. The first-order valence-corrected chi connectivity index (χ1v) is 6.42. The first kappa shape index (κ1) is 15.0. The molecule has 0 aliphatic rings. The number of methoxy groups -OCH3 is 1. The Kier molecular flexibility index (Phi) is 5.33. The van der Waals surface area contributed by atoms with Crippen molar-refractivity contribution >= 4 is 28.4 Å². The molecule has 5 nitrogen and oxygen atoms in total. The average Bonchev–Trinajstić information content (AvgIpc) is 2.38. The highest BCUT2D eigenvalue weighted by molar-refractivity contribution is 8.13. The van der Waals surface area contributed by atoms with Gasteiger partial charge >= 0.3 is 0 Å². The molecule has 1 N–H and O–H groups in total. The number of aliphatic imine (C=N–C) groups is 1. The van der Waals surface area contributed by atoms with E-state index in [1.165, 1.54) is 31.9 Å².